The quantitative estimate of drug-likeness (QED) is 0.545. The van der Waals surface area contributed by atoms with Crippen molar-refractivity contribution in [2.24, 2.45) is 0 Å². The fraction of sp³-hybridized carbons (Fsp3) is 0.273. The highest BCUT2D eigenvalue weighted by atomic mass is 35.5. The number of nitrogens with zero attached hydrogens (tertiary/aromatic N) is 3. The van der Waals surface area contributed by atoms with Gasteiger partial charge in [-0.25, -0.2) is 4.68 Å². The molecule has 0 radical (unpaired) electrons. The van der Waals surface area contributed by atoms with Gasteiger partial charge >= 0.3 is 0 Å². The Labute approximate surface area is 165 Å². The number of carbonyl (C=O) groups is 1. The van der Waals surface area contributed by atoms with E-state index in [-0.39, 0.29) is 5.91 Å². The molecule has 140 valence electrons. The zero-order valence-corrected chi connectivity index (χ0v) is 16.5. The standard InChI is InChI=1S/C22H24ClN3O/c1-3-14-25(15-4-2)22(27)21-16-20(17-8-6-5-7-9-17)24-26(21)19-12-10-18(23)11-13-19/h5-13,16H,3-4,14-15H2,1-2H3. The molecule has 0 atom stereocenters. The average Bonchev–Trinajstić information content (AvgIpc) is 3.14. The molecule has 27 heavy (non-hydrogen) atoms. The molecule has 0 saturated heterocycles. The van der Waals surface area contributed by atoms with Gasteiger partial charge in [-0.2, -0.15) is 5.10 Å². The number of halogens is 1. The van der Waals surface area contributed by atoms with Gasteiger partial charge in [-0.3, -0.25) is 4.79 Å². The molecule has 0 spiro atoms. The summed E-state index contributed by atoms with van der Waals surface area (Å²) < 4.78 is 1.72. The molecule has 1 amide bonds. The van der Waals surface area contributed by atoms with E-state index in [1.54, 1.807) is 4.68 Å². The Balaban J connectivity index is 2.08. The summed E-state index contributed by atoms with van der Waals surface area (Å²) in [6.45, 7) is 5.64. The first-order valence-corrected chi connectivity index (χ1v) is 9.72. The van der Waals surface area contributed by atoms with Gasteiger partial charge in [0.05, 0.1) is 11.4 Å². The topological polar surface area (TPSA) is 38.1 Å². The minimum Gasteiger partial charge on any atom is -0.337 e. The third kappa shape index (κ3) is 4.40. The summed E-state index contributed by atoms with van der Waals surface area (Å²) >= 11 is 6.03. The predicted octanol–water partition coefficient (Wildman–Crippen LogP) is 5.45. The maximum Gasteiger partial charge on any atom is 0.272 e. The molecule has 0 aliphatic carbocycles. The van der Waals surface area contributed by atoms with Crippen LogP contribution < -0.4 is 0 Å². The summed E-state index contributed by atoms with van der Waals surface area (Å²) in [5, 5.41) is 5.38. The van der Waals surface area contributed by atoms with Gasteiger partial charge in [-0.15, -0.1) is 0 Å². The van der Waals surface area contributed by atoms with Crippen molar-refractivity contribution in [2.45, 2.75) is 26.7 Å². The molecule has 1 heterocycles. The third-order valence-corrected chi connectivity index (χ3v) is 4.60. The van der Waals surface area contributed by atoms with Crippen LogP contribution in [0.4, 0.5) is 0 Å². The first-order chi connectivity index (χ1) is 13.1. The molecular formula is C22H24ClN3O. The lowest BCUT2D eigenvalue weighted by molar-refractivity contribution is 0.0746. The van der Waals surface area contributed by atoms with E-state index in [0.717, 1.165) is 42.9 Å². The van der Waals surface area contributed by atoms with Crippen molar-refractivity contribution in [1.82, 2.24) is 14.7 Å². The van der Waals surface area contributed by atoms with Crippen molar-refractivity contribution < 1.29 is 4.79 Å². The van der Waals surface area contributed by atoms with Gasteiger partial charge in [0.1, 0.15) is 5.69 Å². The summed E-state index contributed by atoms with van der Waals surface area (Å²) in [5.41, 5.74) is 3.15. The largest absolute Gasteiger partial charge is 0.337 e. The monoisotopic (exact) mass is 381 g/mol. The van der Waals surface area contributed by atoms with Crippen LogP contribution in [0.5, 0.6) is 0 Å². The average molecular weight is 382 g/mol. The van der Waals surface area contributed by atoms with E-state index in [0.29, 0.717) is 10.7 Å². The number of hydrogen-bond acceptors (Lipinski definition) is 2. The Hall–Kier alpha value is -2.59. The molecule has 5 heteroatoms. The number of carbonyl (C=O) groups excluding carboxylic acids is 1. The Kier molecular flexibility index (Phi) is 6.30. The summed E-state index contributed by atoms with van der Waals surface area (Å²) in [5.74, 6) is 0.00308. The fourth-order valence-corrected chi connectivity index (χ4v) is 3.21. The van der Waals surface area contributed by atoms with Gasteiger partial charge < -0.3 is 4.90 Å². The molecule has 0 bridgehead atoms. The van der Waals surface area contributed by atoms with Crippen LogP contribution in [0.1, 0.15) is 37.2 Å². The van der Waals surface area contributed by atoms with Crippen LogP contribution in [0.25, 0.3) is 16.9 Å². The number of hydrogen-bond donors (Lipinski definition) is 0. The van der Waals surface area contributed by atoms with Gasteiger partial charge in [0.15, 0.2) is 0 Å². The summed E-state index contributed by atoms with van der Waals surface area (Å²) in [6.07, 6.45) is 1.85. The minimum absolute atomic E-state index is 0.00308. The first kappa shape index (κ1) is 19.2. The van der Waals surface area contributed by atoms with Crippen LogP contribution in [-0.4, -0.2) is 33.7 Å². The predicted molar refractivity (Wildman–Crippen MR) is 110 cm³/mol. The van der Waals surface area contributed by atoms with E-state index in [1.165, 1.54) is 0 Å². The molecule has 0 unspecified atom stereocenters. The number of aromatic nitrogens is 2. The van der Waals surface area contributed by atoms with Gasteiger partial charge in [0.25, 0.3) is 5.91 Å². The van der Waals surface area contributed by atoms with Crippen LogP contribution in [0, 0.1) is 0 Å². The summed E-state index contributed by atoms with van der Waals surface area (Å²) in [4.78, 5) is 15.2. The van der Waals surface area contributed by atoms with Crippen molar-refractivity contribution in [2.75, 3.05) is 13.1 Å². The lowest BCUT2D eigenvalue weighted by Gasteiger charge is -2.21. The Morgan fingerprint density at radius 2 is 1.63 bits per heavy atom. The molecule has 0 fully saturated rings. The molecular weight excluding hydrogens is 358 g/mol. The molecule has 2 aromatic carbocycles. The van der Waals surface area contributed by atoms with E-state index in [1.807, 2.05) is 65.6 Å². The first-order valence-electron chi connectivity index (χ1n) is 9.34. The van der Waals surface area contributed by atoms with Crippen LogP contribution in [0.2, 0.25) is 5.02 Å². The summed E-state index contributed by atoms with van der Waals surface area (Å²) in [6, 6.07) is 19.2. The van der Waals surface area contributed by atoms with E-state index in [4.69, 9.17) is 16.7 Å². The minimum atomic E-state index is 0.00308. The second-order valence-electron chi connectivity index (χ2n) is 6.46. The molecule has 1 aromatic heterocycles. The van der Waals surface area contributed by atoms with Crippen LogP contribution >= 0.6 is 11.6 Å². The smallest absolute Gasteiger partial charge is 0.272 e. The van der Waals surface area contributed by atoms with Crippen LogP contribution in [-0.2, 0) is 0 Å². The van der Waals surface area contributed by atoms with E-state index in [2.05, 4.69) is 13.8 Å². The second-order valence-corrected chi connectivity index (χ2v) is 6.90. The highest BCUT2D eigenvalue weighted by molar-refractivity contribution is 6.30. The molecule has 0 aliphatic heterocycles. The van der Waals surface area contributed by atoms with E-state index in [9.17, 15) is 4.79 Å². The Morgan fingerprint density at radius 3 is 2.22 bits per heavy atom. The van der Waals surface area contributed by atoms with Crippen molar-refractivity contribution in [3.05, 3.63) is 71.4 Å². The normalized spacial score (nSPS) is 10.8. The molecule has 3 rings (SSSR count). The van der Waals surface area contributed by atoms with Crippen molar-refractivity contribution >= 4 is 17.5 Å². The van der Waals surface area contributed by atoms with Gasteiger partial charge in [0.2, 0.25) is 0 Å². The number of benzene rings is 2. The third-order valence-electron chi connectivity index (χ3n) is 4.34. The lowest BCUT2D eigenvalue weighted by atomic mass is 10.1. The van der Waals surface area contributed by atoms with Crippen LogP contribution in [0.15, 0.2) is 60.7 Å². The van der Waals surface area contributed by atoms with Crippen molar-refractivity contribution in [3.8, 4) is 16.9 Å². The lowest BCUT2D eigenvalue weighted by Crippen LogP contribution is -2.33. The highest BCUT2D eigenvalue weighted by Gasteiger charge is 2.22. The second kappa shape index (κ2) is 8.87. The van der Waals surface area contributed by atoms with Crippen LogP contribution in [0.3, 0.4) is 0 Å². The zero-order chi connectivity index (χ0) is 19.2. The van der Waals surface area contributed by atoms with E-state index < -0.39 is 0 Å². The molecule has 0 aliphatic rings. The molecule has 4 nitrogen and oxygen atoms in total. The molecule has 0 N–H and O–H groups in total. The van der Waals surface area contributed by atoms with Gasteiger partial charge in [-0.1, -0.05) is 55.8 Å². The SMILES string of the molecule is CCCN(CCC)C(=O)c1cc(-c2ccccc2)nn1-c1ccc(Cl)cc1. The number of rotatable bonds is 7. The maximum atomic E-state index is 13.3. The summed E-state index contributed by atoms with van der Waals surface area (Å²) in [7, 11) is 0. The number of amides is 1. The van der Waals surface area contributed by atoms with Gasteiger partial charge in [0, 0.05) is 23.7 Å². The molecule has 3 aromatic rings. The zero-order valence-electron chi connectivity index (χ0n) is 15.7. The Bertz CT molecular complexity index is 882. The van der Waals surface area contributed by atoms with Crippen molar-refractivity contribution in [3.63, 3.8) is 0 Å². The van der Waals surface area contributed by atoms with Crippen molar-refractivity contribution in [1.29, 1.82) is 0 Å². The van der Waals surface area contributed by atoms with E-state index >= 15 is 0 Å². The molecule has 0 saturated carbocycles. The maximum absolute atomic E-state index is 13.3. The fourth-order valence-electron chi connectivity index (χ4n) is 3.08. The Morgan fingerprint density at radius 1 is 1.00 bits per heavy atom. The van der Waals surface area contributed by atoms with Gasteiger partial charge in [-0.05, 0) is 43.2 Å². The highest BCUT2D eigenvalue weighted by Crippen LogP contribution is 2.23.